The van der Waals surface area contributed by atoms with Gasteiger partial charge in [-0.3, -0.25) is 9.79 Å². The van der Waals surface area contributed by atoms with Crippen LogP contribution in [0.3, 0.4) is 0 Å². The highest BCUT2D eigenvalue weighted by atomic mass is 16.1. The summed E-state index contributed by atoms with van der Waals surface area (Å²) in [4.78, 5) is 19.0. The van der Waals surface area contributed by atoms with Gasteiger partial charge in [-0.15, -0.1) is 0 Å². The highest BCUT2D eigenvalue weighted by Crippen LogP contribution is 2.16. The summed E-state index contributed by atoms with van der Waals surface area (Å²) >= 11 is 0. The van der Waals surface area contributed by atoms with Crippen molar-refractivity contribution in [2.45, 2.75) is 52.6 Å². The summed E-state index contributed by atoms with van der Waals surface area (Å²) in [5.74, 6) is 1.74. The minimum absolute atomic E-state index is 0.00870. The van der Waals surface area contributed by atoms with Crippen LogP contribution in [-0.4, -0.2) is 42.9 Å². The van der Waals surface area contributed by atoms with Crippen molar-refractivity contribution in [2.75, 3.05) is 20.1 Å². The van der Waals surface area contributed by atoms with Gasteiger partial charge in [0.15, 0.2) is 5.96 Å². The van der Waals surface area contributed by atoms with E-state index in [-0.39, 0.29) is 11.9 Å². The Bertz CT molecular complexity index is 591. The molecule has 1 aliphatic heterocycles. The van der Waals surface area contributed by atoms with Gasteiger partial charge >= 0.3 is 0 Å². The third-order valence-corrected chi connectivity index (χ3v) is 4.92. The van der Waals surface area contributed by atoms with Crippen molar-refractivity contribution in [2.24, 2.45) is 10.9 Å². The molecule has 1 aliphatic rings. The molecule has 0 aromatic heterocycles. The zero-order valence-corrected chi connectivity index (χ0v) is 16.0. The van der Waals surface area contributed by atoms with Crippen molar-refractivity contribution in [3.63, 3.8) is 0 Å². The van der Waals surface area contributed by atoms with Crippen LogP contribution in [0.1, 0.15) is 56.0 Å². The number of carbonyl (C=O) groups is 1. The van der Waals surface area contributed by atoms with Gasteiger partial charge in [-0.05, 0) is 49.8 Å². The van der Waals surface area contributed by atoms with E-state index in [0.29, 0.717) is 12.1 Å². The second kappa shape index (κ2) is 9.44. The highest BCUT2D eigenvalue weighted by Gasteiger charge is 2.18. The van der Waals surface area contributed by atoms with E-state index in [2.05, 4.69) is 34.4 Å². The van der Waals surface area contributed by atoms with Crippen LogP contribution in [0.25, 0.3) is 0 Å². The molecule has 1 fully saturated rings. The number of rotatable bonds is 5. The van der Waals surface area contributed by atoms with E-state index in [4.69, 9.17) is 0 Å². The number of nitrogens with one attached hydrogen (secondary N) is 2. The molecule has 0 aliphatic carbocycles. The van der Waals surface area contributed by atoms with E-state index in [1.54, 1.807) is 0 Å². The van der Waals surface area contributed by atoms with E-state index >= 15 is 0 Å². The molecule has 1 unspecified atom stereocenters. The van der Waals surface area contributed by atoms with Crippen LogP contribution in [-0.2, 0) is 6.54 Å². The molecule has 0 saturated carbocycles. The van der Waals surface area contributed by atoms with Gasteiger partial charge in [0.05, 0.1) is 0 Å². The van der Waals surface area contributed by atoms with Crippen molar-refractivity contribution < 1.29 is 4.79 Å². The van der Waals surface area contributed by atoms with Gasteiger partial charge < -0.3 is 15.5 Å². The normalized spacial score (nSPS) is 17.3. The predicted octanol–water partition coefficient (Wildman–Crippen LogP) is 3.02. The molecule has 5 nitrogen and oxygen atoms in total. The van der Waals surface area contributed by atoms with Gasteiger partial charge in [0.1, 0.15) is 0 Å². The number of benzene rings is 1. The molecule has 2 rings (SSSR count). The molecule has 138 valence electrons. The third-order valence-electron chi connectivity index (χ3n) is 4.92. The number of amides is 1. The first-order valence-electron chi connectivity index (χ1n) is 9.38. The van der Waals surface area contributed by atoms with E-state index in [9.17, 15) is 4.79 Å². The third kappa shape index (κ3) is 5.76. The zero-order valence-electron chi connectivity index (χ0n) is 16.0. The molecule has 0 spiro atoms. The van der Waals surface area contributed by atoms with E-state index in [1.165, 1.54) is 12.8 Å². The lowest BCUT2D eigenvalue weighted by Gasteiger charge is -2.33. The molecule has 1 saturated heterocycles. The summed E-state index contributed by atoms with van der Waals surface area (Å²) in [6.07, 6.45) is 3.36. The Kier molecular flexibility index (Phi) is 7.29. The molecule has 1 amide bonds. The fraction of sp³-hybridized carbons (Fsp3) is 0.600. The van der Waals surface area contributed by atoms with E-state index < -0.39 is 0 Å². The lowest BCUT2D eigenvalue weighted by molar-refractivity contribution is 0.0939. The maximum Gasteiger partial charge on any atom is 0.251 e. The first kappa shape index (κ1) is 19.3. The molecular formula is C20H32N4O. The van der Waals surface area contributed by atoms with Crippen molar-refractivity contribution >= 4 is 11.9 Å². The lowest BCUT2D eigenvalue weighted by Crippen LogP contribution is -2.45. The second-order valence-electron chi connectivity index (χ2n) is 7.05. The summed E-state index contributed by atoms with van der Waals surface area (Å²) in [6, 6.07) is 7.99. The fourth-order valence-corrected chi connectivity index (χ4v) is 2.97. The molecule has 2 N–H and O–H groups in total. The number of hydrogen-bond donors (Lipinski definition) is 2. The largest absolute Gasteiger partial charge is 0.352 e. The van der Waals surface area contributed by atoms with Crippen molar-refractivity contribution in [1.82, 2.24) is 15.5 Å². The number of nitrogens with zero attached hydrogens (tertiary/aromatic N) is 2. The first-order valence-corrected chi connectivity index (χ1v) is 9.38. The standard InChI is InChI=1S/C20H32N4O/c1-5-16(3)23-19(25)18-8-6-7-17(13-18)14-22-20(21-4)24-11-9-15(2)10-12-24/h6-8,13,15-16H,5,9-12,14H2,1-4H3,(H,21,22)(H,23,25). The molecule has 0 radical (unpaired) electrons. The molecule has 1 aromatic rings. The van der Waals surface area contributed by atoms with Gasteiger partial charge in [-0.25, -0.2) is 0 Å². The van der Waals surface area contributed by atoms with Gasteiger partial charge in [0, 0.05) is 38.3 Å². The fourth-order valence-electron chi connectivity index (χ4n) is 2.97. The minimum Gasteiger partial charge on any atom is -0.352 e. The molecule has 25 heavy (non-hydrogen) atoms. The molecule has 5 heteroatoms. The number of aliphatic imine (C=N–C) groups is 1. The van der Waals surface area contributed by atoms with Crippen LogP contribution < -0.4 is 10.6 Å². The summed E-state index contributed by atoms with van der Waals surface area (Å²) < 4.78 is 0. The number of piperidine rings is 1. The molecule has 1 aromatic carbocycles. The van der Waals surface area contributed by atoms with Crippen LogP contribution in [0.2, 0.25) is 0 Å². The van der Waals surface area contributed by atoms with Gasteiger partial charge in [-0.2, -0.15) is 0 Å². The van der Waals surface area contributed by atoms with Crippen LogP contribution in [0.15, 0.2) is 29.3 Å². The van der Waals surface area contributed by atoms with Crippen LogP contribution in [0.5, 0.6) is 0 Å². The van der Waals surface area contributed by atoms with Crippen molar-refractivity contribution in [3.8, 4) is 0 Å². The SMILES string of the molecule is CCC(C)NC(=O)c1cccc(CNC(=NC)N2CCC(C)CC2)c1. The van der Waals surface area contributed by atoms with Crippen molar-refractivity contribution in [3.05, 3.63) is 35.4 Å². The number of carbonyl (C=O) groups excluding carboxylic acids is 1. The van der Waals surface area contributed by atoms with Gasteiger partial charge in [0.25, 0.3) is 5.91 Å². The number of guanidine groups is 1. The van der Waals surface area contributed by atoms with Crippen LogP contribution >= 0.6 is 0 Å². The summed E-state index contributed by atoms with van der Waals surface area (Å²) in [6.45, 7) is 9.17. The van der Waals surface area contributed by atoms with Crippen LogP contribution in [0, 0.1) is 5.92 Å². The van der Waals surface area contributed by atoms with E-state index in [0.717, 1.165) is 37.0 Å². The van der Waals surface area contributed by atoms with Gasteiger partial charge in [0.2, 0.25) is 0 Å². The average Bonchev–Trinajstić information content (AvgIpc) is 2.63. The quantitative estimate of drug-likeness (QED) is 0.638. The Morgan fingerprint density at radius 2 is 2.08 bits per heavy atom. The smallest absolute Gasteiger partial charge is 0.251 e. The number of likely N-dealkylation sites (tertiary alicyclic amines) is 1. The summed E-state index contributed by atoms with van der Waals surface area (Å²) in [5, 5.41) is 6.45. The first-order chi connectivity index (χ1) is 12.0. The zero-order chi connectivity index (χ0) is 18.2. The van der Waals surface area contributed by atoms with E-state index in [1.807, 2.05) is 38.2 Å². The monoisotopic (exact) mass is 344 g/mol. The van der Waals surface area contributed by atoms with Crippen molar-refractivity contribution in [1.29, 1.82) is 0 Å². The molecular weight excluding hydrogens is 312 g/mol. The van der Waals surface area contributed by atoms with Crippen LogP contribution in [0.4, 0.5) is 0 Å². The molecule has 1 heterocycles. The maximum atomic E-state index is 12.3. The Morgan fingerprint density at radius 3 is 2.72 bits per heavy atom. The highest BCUT2D eigenvalue weighted by molar-refractivity contribution is 5.94. The molecule has 0 bridgehead atoms. The Morgan fingerprint density at radius 1 is 1.36 bits per heavy atom. The maximum absolute atomic E-state index is 12.3. The summed E-state index contributed by atoms with van der Waals surface area (Å²) in [5.41, 5.74) is 1.80. The predicted molar refractivity (Wildman–Crippen MR) is 104 cm³/mol. The molecule has 1 atom stereocenters. The average molecular weight is 345 g/mol. The number of hydrogen-bond acceptors (Lipinski definition) is 2. The summed E-state index contributed by atoms with van der Waals surface area (Å²) in [7, 11) is 1.83. The lowest BCUT2D eigenvalue weighted by atomic mass is 9.99. The Labute approximate surface area is 151 Å². The minimum atomic E-state index is -0.00870. The van der Waals surface area contributed by atoms with Gasteiger partial charge in [-0.1, -0.05) is 26.0 Å². The topological polar surface area (TPSA) is 56.7 Å². The second-order valence-corrected chi connectivity index (χ2v) is 7.05. The Balaban J connectivity index is 1.93. The Hall–Kier alpha value is -2.04.